The summed E-state index contributed by atoms with van der Waals surface area (Å²) in [6.07, 6.45) is -2.18. The van der Waals surface area contributed by atoms with Crippen molar-refractivity contribution < 1.29 is 23.8 Å². The van der Waals surface area contributed by atoms with Gasteiger partial charge in [0, 0.05) is 17.7 Å². The number of carbonyl (C=O) groups is 2. The molecule has 0 saturated carbocycles. The van der Waals surface area contributed by atoms with E-state index >= 15 is 0 Å². The Morgan fingerprint density at radius 3 is 2.43 bits per heavy atom. The first-order chi connectivity index (χ1) is 14.2. The lowest BCUT2D eigenvalue weighted by atomic mass is 10.00. The molecule has 3 rings (SSSR count). The van der Waals surface area contributed by atoms with Crippen LogP contribution in [0.3, 0.4) is 0 Å². The van der Waals surface area contributed by atoms with E-state index in [9.17, 15) is 19.1 Å². The molecule has 0 radical (unpaired) electrons. The highest BCUT2D eigenvalue weighted by molar-refractivity contribution is 6.20. The molecule has 2 aromatic rings. The number of hydrogen-bond donors (Lipinski definition) is 2. The molecule has 8 heteroatoms. The van der Waals surface area contributed by atoms with Gasteiger partial charge in [-0.05, 0) is 39.0 Å². The van der Waals surface area contributed by atoms with Crippen molar-refractivity contribution in [3.63, 3.8) is 0 Å². The van der Waals surface area contributed by atoms with Gasteiger partial charge in [0.1, 0.15) is 11.4 Å². The molecule has 0 saturated heterocycles. The van der Waals surface area contributed by atoms with Crippen LogP contribution in [0.15, 0.2) is 53.5 Å². The first kappa shape index (κ1) is 21.4. The number of carbonyl (C=O) groups excluding carboxylic acids is 2. The predicted octanol–water partition coefficient (Wildman–Crippen LogP) is 2.85. The van der Waals surface area contributed by atoms with Crippen LogP contribution in [0.5, 0.6) is 0 Å². The van der Waals surface area contributed by atoms with Gasteiger partial charge in [-0.2, -0.15) is 0 Å². The highest BCUT2D eigenvalue weighted by atomic mass is 19.1. The molecule has 0 fully saturated rings. The second-order valence-electron chi connectivity index (χ2n) is 7.74. The molecule has 0 aliphatic carbocycles. The van der Waals surface area contributed by atoms with Crippen LogP contribution in [0, 0.1) is 5.82 Å². The Balaban J connectivity index is 2.13. The second kappa shape index (κ2) is 8.62. The number of ether oxygens (including phenoxy) is 1. The van der Waals surface area contributed by atoms with Crippen molar-refractivity contribution in [3.05, 3.63) is 65.5 Å². The number of β-amino-alcohol motifs (C(OH)–C–C–N with tert-alkyl or cyclic N) is 1. The molecule has 30 heavy (non-hydrogen) atoms. The number of aliphatic hydroxyl groups excluding tert-OH is 1. The van der Waals surface area contributed by atoms with Crippen molar-refractivity contribution >= 4 is 23.4 Å². The van der Waals surface area contributed by atoms with Gasteiger partial charge in [-0.15, -0.1) is 0 Å². The molecule has 7 nitrogen and oxygen atoms in total. The van der Waals surface area contributed by atoms with E-state index in [2.05, 4.69) is 10.3 Å². The Morgan fingerprint density at radius 2 is 1.80 bits per heavy atom. The zero-order chi connectivity index (χ0) is 21.9. The molecule has 0 unspecified atom stereocenters. The number of nitrogens with zero attached hydrogens (tertiary/aromatic N) is 2. The van der Waals surface area contributed by atoms with Gasteiger partial charge < -0.3 is 14.7 Å². The Labute approximate surface area is 174 Å². The van der Waals surface area contributed by atoms with Crippen molar-refractivity contribution in [1.82, 2.24) is 5.32 Å². The van der Waals surface area contributed by atoms with Crippen molar-refractivity contribution in [2.45, 2.75) is 32.5 Å². The van der Waals surface area contributed by atoms with E-state index < -0.39 is 29.6 Å². The van der Waals surface area contributed by atoms with E-state index in [4.69, 9.17) is 4.74 Å². The molecule has 2 N–H and O–H groups in total. The van der Waals surface area contributed by atoms with Crippen LogP contribution in [-0.2, 0) is 9.53 Å². The molecule has 1 aliphatic heterocycles. The number of aliphatic imine (C=N–C) groups is 1. The van der Waals surface area contributed by atoms with Gasteiger partial charge in [0.2, 0.25) is 6.17 Å². The SMILES string of the molecule is CC(C)(C)OC(=O)N[C@H]1N=C(c2ccccc2F)c2ccccc2N(CCO)C1=O. The van der Waals surface area contributed by atoms with Crippen molar-refractivity contribution in [2.24, 2.45) is 4.99 Å². The summed E-state index contributed by atoms with van der Waals surface area (Å²) in [6, 6.07) is 13.0. The normalized spacial score (nSPS) is 16.4. The molecule has 1 aliphatic rings. The number of halogens is 1. The summed E-state index contributed by atoms with van der Waals surface area (Å²) in [6.45, 7) is 4.78. The first-order valence-electron chi connectivity index (χ1n) is 9.55. The van der Waals surface area contributed by atoms with Crippen LogP contribution >= 0.6 is 0 Å². The maximum absolute atomic E-state index is 14.6. The number of aliphatic hydroxyl groups is 1. The minimum Gasteiger partial charge on any atom is -0.444 e. The largest absolute Gasteiger partial charge is 0.444 e. The molecule has 0 aromatic heterocycles. The van der Waals surface area contributed by atoms with Crippen molar-refractivity contribution in [1.29, 1.82) is 0 Å². The van der Waals surface area contributed by atoms with Crippen LogP contribution < -0.4 is 10.2 Å². The van der Waals surface area contributed by atoms with Crippen LogP contribution in [0.2, 0.25) is 0 Å². The van der Waals surface area contributed by atoms with Gasteiger partial charge in [0.15, 0.2) is 0 Å². The smallest absolute Gasteiger partial charge is 0.409 e. The lowest BCUT2D eigenvalue weighted by molar-refractivity contribution is -0.120. The van der Waals surface area contributed by atoms with E-state index in [1.54, 1.807) is 63.2 Å². The fourth-order valence-electron chi connectivity index (χ4n) is 3.14. The number of benzodiazepines with no additional fused rings is 1. The highest BCUT2D eigenvalue weighted by Crippen LogP contribution is 2.29. The molecule has 1 atom stereocenters. The van der Waals surface area contributed by atoms with Gasteiger partial charge in [-0.1, -0.05) is 30.3 Å². The molecule has 1 heterocycles. The van der Waals surface area contributed by atoms with Crippen molar-refractivity contribution in [3.8, 4) is 0 Å². The number of alkyl carbamates (subject to hydrolysis) is 1. The lowest BCUT2D eigenvalue weighted by Crippen LogP contribution is -2.49. The maximum Gasteiger partial charge on any atom is 0.409 e. The standard InChI is InChI=1S/C22H24FN3O4/c1-22(2,3)30-21(29)25-19-20(28)26(12-13-27)17-11-7-5-9-15(17)18(24-19)14-8-4-6-10-16(14)23/h4-11,19,27H,12-13H2,1-3H3,(H,25,29)/t19-/m1/s1. The fraction of sp³-hybridized carbons (Fsp3) is 0.318. The van der Waals surface area contributed by atoms with E-state index in [1.165, 1.54) is 11.0 Å². The molecule has 2 amide bonds. The number of anilines is 1. The summed E-state index contributed by atoms with van der Waals surface area (Å²) >= 11 is 0. The topological polar surface area (TPSA) is 91.2 Å². The van der Waals surface area contributed by atoms with Crippen LogP contribution in [0.1, 0.15) is 31.9 Å². The zero-order valence-corrected chi connectivity index (χ0v) is 17.1. The van der Waals surface area contributed by atoms with Gasteiger partial charge in [-0.3, -0.25) is 10.1 Å². The number of amides is 2. The quantitative estimate of drug-likeness (QED) is 0.806. The number of para-hydroxylation sites is 1. The van der Waals surface area contributed by atoms with Crippen molar-refractivity contribution in [2.75, 3.05) is 18.1 Å². The Morgan fingerprint density at radius 1 is 1.17 bits per heavy atom. The van der Waals surface area contributed by atoms with Gasteiger partial charge >= 0.3 is 6.09 Å². The number of nitrogens with one attached hydrogen (secondary N) is 1. The third-order valence-electron chi connectivity index (χ3n) is 4.31. The summed E-state index contributed by atoms with van der Waals surface area (Å²) in [5.41, 5.74) is 0.618. The summed E-state index contributed by atoms with van der Waals surface area (Å²) in [7, 11) is 0. The molecule has 158 valence electrons. The van der Waals surface area contributed by atoms with Gasteiger partial charge in [0.05, 0.1) is 18.0 Å². The Bertz CT molecular complexity index is 984. The van der Waals surface area contributed by atoms with Gasteiger partial charge in [-0.25, -0.2) is 14.2 Å². The average Bonchev–Trinajstić information content (AvgIpc) is 2.78. The lowest BCUT2D eigenvalue weighted by Gasteiger charge is -2.25. The number of rotatable bonds is 4. The molecular formula is C22H24FN3O4. The fourth-order valence-corrected chi connectivity index (χ4v) is 3.14. The molecule has 2 aromatic carbocycles. The minimum atomic E-state index is -1.35. The maximum atomic E-state index is 14.6. The Kier molecular flexibility index (Phi) is 6.17. The molecule has 0 bridgehead atoms. The summed E-state index contributed by atoms with van der Waals surface area (Å²) in [4.78, 5) is 31.3. The molecular weight excluding hydrogens is 389 g/mol. The van der Waals surface area contributed by atoms with E-state index in [0.29, 0.717) is 11.3 Å². The third kappa shape index (κ3) is 4.65. The van der Waals surface area contributed by atoms with E-state index in [-0.39, 0.29) is 24.4 Å². The van der Waals surface area contributed by atoms with E-state index in [0.717, 1.165) is 0 Å². The average molecular weight is 413 g/mol. The minimum absolute atomic E-state index is 0.0115. The second-order valence-corrected chi connectivity index (χ2v) is 7.74. The summed E-state index contributed by atoms with van der Waals surface area (Å²) in [5, 5.41) is 12.0. The molecule has 0 spiro atoms. The summed E-state index contributed by atoms with van der Waals surface area (Å²) < 4.78 is 19.9. The first-order valence-corrected chi connectivity index (χ1v) is 9.55. The van der Waals surface area contributed by atoms with Crippen LogP contribution in [0.4, 0.5) is 14.9 Å². The van der Waals surface area contributed by atoms with Crippen LogP contribution in [0.25, 0.3) is 0 Å². The van der Waals surface area contributed by atoms with Gasteiger partial charge in [0.25, 0.3) is 5.91 Å². The summed E-state index contributed by atoms with van der Waals surface area (Å²) in [5.74, 6) is -1.07. The number of benzene rings is 2. The number of fused-ring (bicyclic) bond motifs is 1. The zero-order valence-electron chi connectivity index (χ0n) is 17.1. The van der Waals surface area contributed by atoms with E-state index in [1.807, 2.05) is 0 Å². The number of hydrogen-bond acceptors (Lipinski definition) is 5. The monoisotopic (exact) mass is 413 g/mol. The third-order valence-corrected chi connectivity index (χ3v) is 4.31. The Hall–Kier alpha value is -3.26. The van der Waals surface area contributed by atoms with Crippen LogP contribution in [-0.4, -0.2) is 47.7 Å². The predicted molar refractivity (Wildman–Crippen MR) is 111 cm³/mol. The highest BCUT2D eigenvalue weighted by Gasteiger charge is 2.34.